The first-order chi connectivity index (χ1) is 12.9. The summed E-state index contributed by atoms with van der Waals surface area (Å²) >= 11 is 0. The number of ether oxygens (including phenoxy) is 1. The second-order valence-electron chi connectivity index (χ2n) is 7.47. The van der Waals surface area contributed by atoms with Gasteiger partial charge in [0.2, 0.25) is 5.91 Å². The Labute approximate surface area is 156 Å². The number of likely N-dealkylation sites (tertiary alicyclic amines) is 1. The van der Waals surface area contributed by atoms with Gasteiger partial charge in [-0.05, 0) is 18.8 Å². The van der Waals surface area contributed by atoms with E-state index in [0.29, 0.717) is 25.8 Å². The van der Waals surface area contributed by atoms with Crippen LogP contribution in [0.4, 0.5) is 4.39 Å². The van der Waals surface area contributed by atoms with Crippen molar-refractivity contribution in [2.45, 2.75) is 43.6 Å². The highest BCUT2D eigenvalue weighted by atomic mass is 19.1. The molecule has 3 aliphatic heterocycles. The summed E-state index contributed by atoms with van der Waals surface area (Å²) in [5.74, 6) is -1.19. The molecule has 3 fully saturated rings. The lowest BCUT2D eigenvalue weighted by atomic mass is 9.71. The van der Waals surface area contributed by atoms with Crippen LogP contribution in [0.3, 0.4) is 0 Å². The number of aliphatic carboxylic acids is 1. The SMILES string of the molecule is O=C(O)C1=C(OC2CN(C(=O)[C@@H]3C[C@H](F)CN3)C2)C=CC2CCB(O)OC12. The van der Waals surface area contributed by atoms with Gasteiger partial charge in [0.05, 0.1) is 25.2 Å². The molecule has 27 heavy (non-hydrogen) atoms. The fourth-order valence-corrected chi connectivity index (χ4v) is 4.05. The molecule has 4 aliphatic rings. The third kappa shape index (κ3) is 3.61. The number of carbonyl (C=O) groups is 2. The minimum Gasteiger partial charge on any atom is -0.486 e. The van der Waals surface area contributed by atoms with E-state index in [2.05, 4.69) is 5.32 Å². The molecule has 3 saturated heterocycles. The second kappa shape index (κ2) is 7.25. The van der Waals surface area contributed by atoms with Gasteiger partial charge >= 0.3 is 13.1 Å². The van der Waals surface area contributed by atoms with E-state index in [-0.39, 0.29) is 42.2 Å². The van der Waals surface area contributed by atoms with Crippen LogP contribution in [0.2, 0.25) is 6.32 Å². The molecule has 4 rings (SSSR count). The van der Waals surface area contributed by atoms with Crippen molar-refractivity contribution in [2.24, 2.45) is 5.92 Å². The molecule has 0 spiro atoms. The number of nitrogens with one attached hydrogen (secondary N) is 1. The highest BCUT2D eigenvalue weighted by Crippen LogP contribution is 2.36. The number of hydrogen-bond acceptors (Lipinski definition) is 6. The van der Waals surface area contributed by atoms with Crippen molar-refractivity contribution >= 4 is 19.0 Å². The number of halogens is 1. The number of allylic oxidation sites excluding steroid dienone is 1. The van der Waals surface area contributed by atoms with E-state index in [1.54, 1.807) is 11.0 Å². The van der Waals surface area contributed by atoms with Crippen molar-refractivity contribution in [1.29, 1.82) is 0 Å². The quantitative estimate of drug-likeness (QED) is 0.575. The number of carbonyl (C=O) groups excluding carboxylic acids is 1. The molecule has 146 valence electrons. The van der Waals surface area contributed by atoms with E-state index in [0.717, 1.165) is 0 Å². The van der Waals surface area contributed by atoms with E-state index in [4.69, 9.17) is 9.39 Å². The third-order valence-electron chi connectivity index (χ3n) is 5.54. The van der Waals surface area contributed by atoms with Gasteiger partial charge in [0.25, 0.3) is 0 Å². The molecular weight excluding hydrogens is 358 g/mol. The summed E-state index contributed by atoms with van der Waals surface area (Å²) in [4.78, 5) is 25.6. The molecule has 8 nitrogen and oxygen atoms in total. The normalized spacial score (nSPS) is 33.7. The Hall–Kier alpha value is -1.91. The number of amides is 1. The molecule has 0 saturated carbocycles. The van der Waals surface area contributed by atoms with Crippen molar-refractivity contribution in [3.05, 3.63) is 23.5 Å². The van der Waals surface area contributed by atoms with Crippen LogP contribution in [0, 0.1) is 5.92 Å². The van der Waals surface area contributed by atoms with Crippen molar-refractivity contribution in [3.8, 4) is 0 Å². The van der Waals surface area contributed by atoms with Crippen molar-refractivity contribution in [1.82, 2.24) is 10.2 Å². The Balaban J connectivity index is 1.39. The van der Waals surface area contributed by atoms with Crippen molar-refractivity contribution in [2.75, 3.05) is 19.6 Å². The number of fused-ring (bicyclic) bond motifs is 1. The molecule has 0 aromatic heterocycles. The highest BCUT2D eigenvalue weighted by Gasteiger charge is 2.43. The molecule has 2 unspecified atom stereocenters. The topological polar surface area (TPSA) is 108 Å². The van der Waals surface area contributed by atoms with Crippen LogP contribution in [-0.4, -0.2) is 78.1 Å². The standard InChI is InChI=1S/C17H22BFN2O6/c19-10-5-12(20-6-10)16(22)21-7-11(8-21)26-13-2-1-9-3-4-18(25)27-15(9)14(13)17(23)24/h1-2,9-12,15,20,25H,3-8H2,(H,23,24)/t9?,10-,12-,15?/m0/s1. The van der Waals surface area contributed by atoms with Crippen LogP contribution in [0.25, 0.3) is 0 Å². The Morgan fingerprint density at radius 1 is 1.41 bits per heavy atom. The molecule has 3 heterocycles. The zero-order chi connectivity index (χ0) is 19.1. The minimum absolute atomic E-state index is 0.00348. The number of nitrogens with zero attached hydrogens (tertiary/aromatic N) is 1. The second-order valence-corrected chi connectivity index (χ2v) is 7.47. The molecule has 10 heteroatoms. The summed E-state index contributed by atoms with van der Waals surface area (Å²) in [6.45, 7) is 0.851. The third-order valence-corrected chi connectivity index (χ3v) is 5.54. The predicted octanol–water partition coefficient (Wildman–Crippen LogP) is -0.292. The average Bonchev–Trinajstić information content (AvgIpc) is 3.02. The largest absolute Gasteiger partial charge is 0.486 e. The predicted molar refractivity (Wildman–Crippen MR) is 92.3 cm³/mol. The molecule has 3 N–H and O–H groups in total. The van der Waals surface area contributed by atoms with Crippen LogP contribution >= 0.6 is 0 Å². The summed E-state index contributed by atoms with van der Waals surface area (Å²) < 4.78 is 24.5. The molecule has 1 aliphatic carbocycles. The molecular formula is C17H22BFN2O6. The van der Waals surface area contributed by atoms with Gasteiger partial charge < -0.3 is 29.7 Å². The summed E-state index contributed by atoms with van der Waals surface area (Å²) in [5, 5.41) is 22.2. The molecule has 0 bridgehead atoms. The summed E-state index contributed by atoms with van der Waals surface area (Å²) in [7, 11) is -0.983. The van der Waals surface area contributed by atoms with Gasteiger partial charge in [-0.15, -0.1) is 0 Å². The zero-order valence-corrected chi connectivity index (χ0v) is 14.7. The van der Waals surface area contributed by atoms with Crippen molar-refractivity contribution < 1.29 is 33.5 Å². The monoisotopic (exact) mass is 380 g/mol. The number of carboxylic acids is 1. The molecule has 0 aromatic carbocycles. The Morgan fingerprint density at radius 2 is 2.19 bits per heavy atom. The number of carboxylic acid groups (broad SMARTS) is 1. The first kappa shape index (κ1) is 18.5. The van der Waals surface area contributed by atoms with Crippen LogP contribution in [0.15, 0.2) is 23.5 Å². The van der Waals surface area contributed by atoms with E-state index in [1.165, 1.54) is 0 Å². The van der Waals surface area contributed by atoms with Gasteiger partial charge in [-0.3, -0.25) is 4.79 Å². The first-order valence-electron chi connectivity index (χ1n) is 9.24. The van der Waals surface area contributed by atoms with Gasteiger partial charge in [-0.2, -0.15) is 0 Å². The van der Waals surface area contributed by atoms with Gasteiger partial charge in [-0.25, -0.2) is 9.18 Å². The number of hydrogen-bond donors (Lipinski definition) is 3. The Morgan fingerprint density at radius 3 is 2.85 bits per heavy atom. The fraction of sp³-hybridized carbons (Fsp3) is 0.647. The molecule has 0 aromatic rings. The van der Waals surface area contributed by atoms with E-state index >= 15 is 0 Å². The molecule has 0 radical (unpaired) electrons. The summed E-state index contributed by atoms with van der Waals surface area (Å²) in [5.41, 5.74) is 0.00348. The number of alkyl halides is 1. The van der Waals surface area contributed by atoms with E-state index in [9.17, 15) is 24.1 Å². The van der Waals surface area contributed by atoms with Crippen LogP contribution < -0.4 is 5.32 Å². The maximum absolute atomic E-state index is 13.2. The highest BCUT2D eigenvalue weighted by molar-refractivity contribution is 6.43. The van der Waals surface area contributed by atoms with Crippen molar-refractivity contribution in [3.63, 3.8) is 0 Å². The van der Waals surface area contributed by atoms with Crippen LogP contribution in [0.1, 0.15) is 12.8 Å². The molecule has 1 amide bonds. The van der Waals surface area contributed by atoms with E-state index in [1.807, 2.05) is 6.08 Å². The maximum Gasteiger partial charge on any atom is 0.454 e. The lowest BCUT2D eigenvalue weighted by Crippen LogP contribution is -2.58. The smallest absolute Gasteiger partial charge is 0.454 e. The molecule has 4 atom stereocenters. The summed E-state index contributed by atoms with van der Waals surface area (Å²) in [6.07, 6.45) is 2.71. The van der Waals surface area contributed by atoms with Gasteiger partial charge in [0.15, 0.2) is 0 Å². The van der Waals surface area contributed by atoms with E-state index < -0.39 is 31.4 Å². The fourth-order valence-electron chi connectivity index (χ4n) is 4.05. The maximum atomic E-state index is 13.2. The summed E-state index contributed by atoms with van der Waals surface area (Å²) in [6, 6.07) is -0.498. The zero-order valence-electron chi connectivity index (χ0n) is 14.7. The number of rotatable bonds is 4. The van der Waals surface area contributed by atoms with Gasteiger partial charge in [-0.1, -0.05) is 6.08 Å². The lowest BCUT2D eigenvalue weighted by Gasteiger charge is -2.42. The Bertz CT molecular complexity index is 695. The average molecular weight is 380 g/mol. The Kier molecular flexibility index (Phi) is 4.96. The van der Waals surface area contributed by atoms with Gasteiger partial charge in [0, 0.05) is 18.9 Å². The van der Waals surface area contributed by atoms with Crippen LogP contribution in [0.5, 0.6) is 0 Å². The van der Waals surface area contributed by atoms with Gasteiger partial charge in [0.1, 0.15) is 23.6 Å². The lowest BCUT2D eigenvalue weighted by molar-refractivity contribution is -0.145. The minimum atomic E-state index is -1.14. The first-order valence-corrected chi connectivity index (χ1v) is 9.24. The van der Waals surface area contributed by atoms with Crippen LogP contribution in [-0.2, 0) is 19.0 Å².